The van der Waals surface area contributed by atoms with Gasteiger partial charge in [-0.15, -0.1) is 11.3 Å². The van der Waals surface area contributed by atoms with Crippen molar-refractivity contribution in [2.45, 2.75) is 38.3 Å². The lowest BCUT2D eigenvalue weighted by Gasteiger charge is -2.33. The highest BCUT2D eigenvalue weighted by Gasteiger charge is 2.28. The number of esters is 1. The highest BCUT2D eigenvalue weighted by Crippen LogP contribution is 2.32. The van der Waals surface area contributed by atoms with E-state index in [0.717, 1.165) is 17.8 Å². The molecule has 3 aromatic rings. The van der Waals surface area contributed by atoms with Crippen LogP contribution in [0.1, 0.15) is 46.7 Å². The number of nitrogens with one attached hydrogen (secondary N) is 2. The van der Waals surface area contributed by atoms with E-state index in [4.69, 9.17) is 17.0 Å². The lowest BCUT2D eigenvalue weighted by molar-refractivity contribution is -0.141. The summed E-state index contributed by atoms with van der Waals surface area (Å²) in [5, 5.41) is 8.96. The molecular weight excluding hydrogens is 561 g/mol. The zero-order chi connectivity index (χ0) is 28.7. The first-order valence-electron chi connectivity index (χ1n) is 12.8. The highest BCUT2D eigenvalue weighted by atomic mass is 32.1. The number of carbonyl (C=O) groups is 2. The van der Waals surface area contributed by atoms with Gasteiger partial charge in [-0.1, -0.05) is 42.5 Å². The number of carbonyl (C=O) groups excluding carboxylic acids is 2. The smallest absolute Gasteiger partial charge is 0.393 e. The predicted octanol–water partition coefficient (Wildman–Crippen LogP) is 5.78. The zero-order valence-corrected chi connectivity index (χ0v) is 23.4. The Morgan fingerprint density at radius 2 is 1.82 bits per heavy atom. The number of anilines is 1. The van der Waals surface area contributed by atoms with Crippen molar-refractivity contribution in [3.05, 3.63) is 70.2 Å². The van der Waals surface area contributed by atoms with Crippen molar-refractivity contribution in [3.63, 3.8) is 0 Å². The van der Waals surface area contributed by atoms with Crippen molar-refractivity contribution >= 4 is 46.2 Å². The van der Waals surface area contributed by atoms with E-state index < -0.39 is 12.6 Å². The van der Waals surface area contributed by atoms with E-state index in [1.54, 1.807) is 48.7 Å². The number of likely N-dealkylation sites (tertiary alicyclic amines) is 1. The maximum absolute atomic E-state index is 13.1. The van der Waals surface area contributed by atoms with E-state index in [1.165, 1.54) is 23.5 Å². The number of aromatic nitrogens is 1. The van der Waals surface area contributed by atoms with E-state index in [2.05, 4.69) is 15.6 Å². The molecule has 0 radical (unpaired) electrons. The van der Waals surface area contributed by atoms with Crippen molar-refractivity contribution in [2.75, 3.05) is 31.6 Å². The van der Waals surface area contributed by atoms with E-state index in [-0.39, 0.29) is 29.9 Å². The molecular formula is C28H29F3N4O3S2. The van der Waals surface area contributed by atoms with Crippen LogP contribution in [0, 0.1) is 0 Å². The number of para-hydroxylation sites is 1. The number of hydrogen-bond donors (Lipinski definition) is 2. The van der Waals surface area contributed by atoms with E-state index >= 15 is 0 Å². The van der Waals surface area contributed by atoms with Gasteiger partial charge < -0.3 is 20.3 Å². The van der Waals surface area contributed by atoms with Crippen molar-refractivity contribution < 1.29 is 27.5 Å². The summed E-state index contributed by atoms with van der Waals surface area (Å²) in [4.78, 5) is 31.2. The molecule has 12 heteroatoms. The fourth-order valence-electron chi connectivity index (χ4n) is 4.44. The van der Waals surface area contributed by atoms with Gasteiger partial charge in [0.2, 0.25) is 0 Å². The van der Waals surface area contributed by atoms with Gasteiger partial charge >= 0.3 is 12.1 Å². The molecule has 1 aliphatic rings. The minimum atomic E-state index is -4.27. The number of piperidine rings is 1. The largest absolute Gasteiger partial charge is 0.465 e. The van der Waals surface area contributed by atoms with Crippen LogP contribution < -0.4 is 10.6 Å². The number of nitrogens with zero attached hydrogens (tertiary/aromatic N) is 2. The Labute approximate surface area is 239 Å². The van der Waals surface area contributed by atoms with Crippen LogP contribution in [0.15, 0.2) is 53.9 Å². The molecule has 1 saturated heterocycles. The SMILES string of the molecule is CCOC(=O)CNC(=S)N1CCC(c2nc(C(=O)Nc3ccccc3-c3ccc(CC(F)(F)F)cc3)cs2)CC1. The summed E-state index contributed by atoms with van der Waals surface area (Å²) in [7, 11) is 0. The molecule has 1 aromatic heterocycles. The molecule has 0 bridgehead atoms. The minimum absolute atomic E-state index is 0.0318. The Morgan fingerprint density at radius 1 is 1.12 bits per heavy atom. The molecule has 7 nitrogen and oxygen atoms in total. The summed E-state index contributed by atoms with van der Waals surface area (Å²) in [5.41, 5.74) is 2.42. The molecule has 1 amide bonds. The van der Waals surface area contributed by atoms with Crippen molar-refractivity contribution in [1.29, 1.82) is 0 Å². The number of benzene rings is 2. The molecule has 0 unspecified atom stereocenters. The van der Waals surface area contributed by atoms with Crippen LogP contribution in [-0.4, -0.2) is 59.3 Å². The Bertz CT molecular complexity index is 1340. The molecule has 0 spiro atoms. The summed E-state index contributed by atoms with van der Waals surface area (Å²) in [6.45, 7) is 3.51. The molecule has 2 aromatic carbocycles. The van der Waals surface area contributed by atoms with Crippen molar-refractivity contribution in [2.24, 2.45) is 0 Å². The average molecular weight is 591 g/mol. The van der Waals surface area contributed by atoms with Crippen molar-refractivity contribution in [3.8, 4) is 11.1 Å². The molecule has 2 N–H and O–H groups in total. The number of amides is 1. The molecule has 1 fully saturated rings. The summed E-state index contributed by atoms with van der Waals surface area (Å²) in [5.74, 6) is -0.515. The van der Waals surface area contributed by atoms with E-state index in [9.17, 15) is 22.8 Å². The monoisotopic (exact) mass is 590 g/mol. The van der Waals surface area contributed by atoms with Crippen LogP contribution in [-0.2, 0) is 16.0 Å². The Hall–Kier alpha value is -3.51. The van der Waals surface area contributed by atoms with Gasteiger partial charge in [-0.2, -0.15) is 13.2 Å². The van der Waals surface area contributed by atoms with Crippen LogP contribution in [0.25, 0.3) is 11.1 Å². The van der Waals surface area contributed by atoms with Gasteiger partial charge in [-0.3, -0.25) is 9.59 Å². The van der Waals surface area contributed by atoms with E-state index in [1.807, 2.05) is 4.90 Å². The number of alkyl halides is 3. The molecule has 40 heavy (non-hydrogen) atoms. The first kappa shape index (κ1) is 29.5. The first-order valence-corrected chi connectivity index (χ1v) is 14.1. The van der Waals surface area contributed by atoms with Gasteiger partial charge in [0, 0.05) is 35.6 Å². The number of ether oxygens (including phenoxy) is 1. The Kier molecular flexibility index (Phi) is 9.75. The molecule has 2 heterocycles. The van der Waals surface area contributed by atoms with Gasteiger partial charge in [0.1, 0.15) is 12.2 Å². The Balaban J connectivity index is 1.34. The fourth-order valence-corrected chi connectivity index (χ4v) is 5.67. The average Bonchev–Trinajstić information content (AvgIpc) is 3.43. The Morgan fingerprint density at radius 3 is 2.50 bits per heavy atom. The highest BCUT2D eigenvalue weighted by molar-refractivity contribution is 7.80. The number of halogens is 3. The normalized spacial score (nSPS) is 14.1. The van der Waals surface area contributed by atoms with Crippen molar-refractivity contribution in [1.82, 2.24) is 15.2 Å². The maximum Gasteiger partial charge on any atom is 0.393 e. The standard InChI is InChI=1S/C28H29F3N4O3S2/c1-2-38-24(36)16-32-27(39)35-13-11-20(12-14-35)26-34-23(17-40-26)25(37)33-22-6-4-3-5-21(22)19-9-7-18(8-10-19)15-28(29,30)31/h3-10,17,20H,2,11-16H2,1H3,(H,32,39)(H,33,37). The van der Waals surface area contributed by atoms with Crippen LogP contribution in [0.4, 0.5) is 18.9 Å². The second-order valence-electron chi connectivity index (χ2n) is 9.28. The van der Waals surface area contributed by atoms with Gasteiger partial charge in [0.25, 0.3) is 5.91 Å². The number of thiazole rings is 1. The third-order valence-electron chi connectivity index (χ3n) is 6.42. The van der Waals surface area contributed by atoms with Crippen LogP contribution in [0.5, 0.6) is 0 Å². The van der Waals surface area contributed by atoms with Gasteiger partial charge in [-0.05, 0) is 49.2 Å². The molecule has 0 aliphatic carbocycles. The summed E-state index contributed by atoms with van der Waals surface area (Å²) < 4.78 is 43.0. The van der Waals surface area contributed by atoms with Crippen LogP contribution >= 0.6 is 23.6 Å². The second kappa shape index (κ2) is 13.2. The van der Waals surface area contributed by atoms with E-state index in [0.29, 0.717) is 47.3 Å². The second-order valence-corrected chi connectivity index (χ2v) is 10.6. The number of hydrogen-bond acceptors (Lipinski definition) is 6. The zero-order valence-electron chi connectivity index (χ0n) is 21.8. The molecule has 4 rings (SSSR count). The lowest BCUT2D eigenvalue weighted by atomic mass is 9.98. The quantitative estimate of drug-likeness (QED) is 0.254. The molecule has 0 saturated carbocycles. The molecule has 212 valence electrons. The van der Waals surface area contributed by atoms with Crippen LogP contribution in [0.2, 0.25) is 0 Å². The van der Waals surface area contributed by atoms with Crippen LogP contribution in [0.3, 0.4) is 0 Å². The summed E-state index contributed by atoms with van der Waals surface area (Å²) >= 11 is 6.84. The fraction of sp³-hybridized carbons (Fsp3) is 0.357. The van der Waals surface area contributed by atoms with Gasteiger partial charge in [0.15, 0.2) is 5.11 Å². The van der Waals surface area contributed by atoms with Gasteiger partial charge in [-0.25, -0.2) is 4.98 Å². The topological polar surface area (TPSA) is 83.6 Å². The van der Waals surface area contributed by atoms with Gasteiger partial charge in [0.05, 0.1) is 18.0 Å². The number of rotatable bonds is 8. The predicted molar refractivity (Wildman–Crippen MR) is 152 cm³/mol. The minimum Gasteiger partial charge on any atom is -0.465 e. The molecule has 0 atom stereocenters. The summed E-state index contributed by atoms with van der Waals surface area (Å²) in [6.07, 6.45) is -3.64. The first-order chi connectivity index (χ1) is 19.1. The molecule has 1 aliphatic heterocycles. The summed E-state index contributed by atoms with van der Waals surface area (Å²) in [6, 6.07) is 13.3. The third-order valence-corrected chi connectivity index (χ3v) is 7.83. The maximum atomic E-state index is 13.1. The number of thiocarbonyl (C=S) groups is 1. The third kappa shape index (κ3) is 8.01. The lowest BCUT2D eigenvalue weighted by Crippen LogP contribution is -2.45.